The first-order valence-corrected chi connectivity index (χ1v) is 7.18. The van der Waals surface area contributed by atoms with Crippen LogP contribution in [0.5, 0.6) is 11.5 Å². The number of benzene rings is 2. The molecule has 3 rings (SSSR count). The highest BCUT2D eigenvalue weighted by Crippen LogP contribution is 2.43. The van der Waals surface area contributed by atoms with E-state index in [1.807, 2.05) is 0 Å². The molecular weight excluding hydrogens is 425 g/mol. The number of ketones is 2. The highest BCUT2D eigenvalue weighted by atomic mass is 19.2. The van der Waals surface area contributed by atoms with Gasteiger partial charge < -0.3 is 9.31 Å². The third-order valence-electron chi connectivity index (χ3n) is 3.80. The van der Waals surface area contributed by atoms with Gasteiger partial charge in [0, 0.05) is 6.07 Å². The number of hydrogen-bond donors (Lipinski definition) is 0. The number of carbonyl (C=O) groups excluding carboxylic acids is 2. The molecule has 0 heterocycles. The molecular formula is C14HB2F9O4. The predicted molar refractivity (Wildman–Crippen MR) is 76.7 cm³/mol. The van der Waals surface area contributed by atoms with Crippen LogP contribution in [0.25, 0.3) is 0 Å². The maximum Gasteiger partial charge on any atom is 0.796 e. The van der Waals surface area contributed by atoms with Gasteiger partial charge in [0.15, 0.2) is 34.8 Å². The summed E-state index contributed by atoms with van der Waals surface area (Å²) in [6.07, 6.45) is 0. The Morgan fingerprint density at radius 2 is 1.07 bits per heavy atom. The molecule has 1 aliphatic carbocycles. The summed E-state index contributed by atoms with van der Waals surface area (Å²) >= 11 is 0. The molecule has 0 aromatic heterocycles. The predicted octanol–water partition coefficient (Wildman–Crippen LogP) is 3.76. The molecule has 0 saturated heterocycles. The smallest absolute Gasteiger partial charge is 0.504 e. The Balaban J connectivity index is 2.44. The van der Waals surface area contributed by atoms with Crippen LogP contribution >= 0.6 is 0 Å². The van der Waals surface area contributed by atoms with E-state index < -0.39 is 89.3 Å². The lowest BCUT2D eigenvalue weighted by Crippen LogP contribution is -2.29. The molecule has 0 saturated carbocycles. The first kappa shape index (κ1) is 20.6. The summed E-state index contributed by atoms with van der Waals surface area (Å²) < 4.78 is 127. The van der Waals surface area contributed by atoms with Gasteiger partial charge in [-0.25, -0.2) is 39.2 Å². The zero-order chi connectivity index (χ0) is 21.8. The highest BCUT2D eigenvalue weighted by molar-refractivity contribution is 6.37. The van der Waals surface area contributed by atoms with E-state index in [0.717, 1.165) is 0 Å². The van der Waals surface area contributed by atoms with Crippen LogP contribution in [0, 0.1) is 29.1 Å². The molecule has 150 valence electrons. The Kier molecular flexibility index (Phi) is 5.01. The Hall–Kier alpha value is -3.12. The van der Waals surface area contributed by atoms with E-state index in [1.165, 1.54) is 0 Å². The minimum absolute atomic E-state index is 0.0486. The van der Waals surface area contributed by atoms with Crippen molar-refractivity contribution in [2.24, 2.45) is 0 Å². The summed E-state index contributed by atoms with van der Waals surface area (Å²) in [5.41, 5.74) is -6.45. The van der Waals surface area contributed by atoms with Gasteiger partial charge in [0.05, 0.1) is 22.3 Å². The van der Waals surface area contributed by atoms with Crippen molar-refractivity contribution in [1.29, 1.82) is 0 Å². The highest BCUT2D eigenvalue weighted by Gasteiger charge is 2.44. The van der Waals surface area contributed by atoms with Crippen molar-refractivity contribution in [3.05, 3.63) is 57.4 Å². The zero-order valence-electron chi connectivity index (χ0n) is 13.3. The molecule has 0 spiro atoms. The fraction of sp³-hybridized carbons (Fsp3) is 0. The Bertz CT molecular complexity index is 1070. The molecule has 2 aromatic rings. The largest absolute Gasteiger partial charge is 0.796 e. The van der Waals surface area contributed by atoms with Crippen LogP contribution in [-0.2, 0) is 0 Å². The summed E-state index contributed by atoms with van der Waals surface area (Å²) in [5, 5.41) is 0. The number of rotatable bonds is 4. The van der Waals surface area contributed by atoms with E-state index in [-0.39, 0.29) is 6.07 Å². The summed E-state index contributed by atoms with van der Waals surface area (Å²) in [4.78, 5) is 25.0. The van der Waals surface area contributed by atoms with Crippen molar-refractivity contribution in [2.45, 2.75) is 0 Å². The molecule has 0 amide bonds. The minimum Gasteiger partial charge on any atom is -0.504 e. The summed E-state index contributed by atoms with van der Waals surface area (Å²) in [7, 11) is -7.55. The van der Waals surface area contributed by atoms with Gasteiger partial charge in [0.1, 0.15) is 5.75 Å². The van der Waals surface area contributed by atoms with Crippen LogP contribution in [0.2, 0.25) is 0 Å². The average molecular weight is 426 g/mol. The van der Waals surface area contributed by atoms with E-state index in [4.69, 9.17) is 0 Å². The van der Waals surface area contributed by atoms with Crippen molar-refractivity contribution in [3.63, 3.8) is 0 Å². The van der Waals surface area contributed by atoms with Crippen LogP contribution in [0.4, 0.5) is 39.2 Å². The van der Waals surface area contributed by atoms with Gasteiger partial charge in [-0.15, -0.1) is 0 Å². The SMILES string of the molecule is O=C1c2c(OB(F)F)cc(F)c(OB(F)F)c2C(=O)c2c(F)c(F)c(F)c(F)c21. The van der Waals surface area contributed by atoms with Crippen LogP contribution in [0.1, 0.15) is 31.8 Å². The molecule has 0 radical (unpaired) electrons. The van der Waals surface area contributed by atoms with E-state index in [1.54, 1.807) is 0 Å². The quantitative estimate of drug-likeness (QED) is 0.276. The first-order chi connectivity index (χ1) is 13.5. The van der Waals surface area contributed by atoms with Gasteiger partial charge in [0.25, 0.3) is 0 Å². The Morgan fingerprint density at radius 3 is 1.52 bits per heavy atom. The molecule has 0 atom stereocenters. The standard InChI is InChI=1S/C14HB2F9O4/c17-2-1-3(28-15(22)23)4-7(14(2)29-16(24)25)13(27)6-5(12(4)26)8(18)10(20)11(21)9(6)19/h1H. The maximum absolute atomic E-state index is 14.1. The number of halogens is 9. The van der Waals surface area contributed by atoms with Crippen LogP contribution < -0.4 is 9.31 Å². The summed E-state index contributed by atoms with van der Waals surface area (Å²) in [6.45, 7) is 0. The van der Waals surface area contributed by atoms with Gasteiger partial charge >= 0.3 is 14.9 Å². The maximum atomic E-state index is 14.1. The molecule has 1 aliphatic rings. The molecule has 0 fully saturated rings. The lowest BCUT2D eigenvalue weighted by atomic mass is 9.81. The van der Waals surface area contributed by atoms with Crippen molar-refractivity contribution in [2.75, 3.05) is 0 Å². The van der Waals surface area contributed by atoms with Crippen molar-refractivity contribution in [1.82, 2.24) is 0 Å². The second-order valence-corrected chi connectivity index (χ2v) is 5.36. The number of hydrogen-bond acceptors (Lipinski definition) is 4. The van der Waals surface area contributed by atoms with Gasteiger partial charge in [-0.1, -0.05) is 0 Å². The normalized spacial score (nSPS) is 12.4. The van der Waals surface area contributed by atoms with E-state index in [9.17, 15) is 48.8 Å². The molecule has 0 unspecified atom stereocenters. The lowest BCUT2D eigenvalue weighted by Gasteiger charge is -2.23. The number of fused-ring (bicyclic) bond motifs is 2. The van der Waals surface area contributed by atoms with Gasteiger partial charge in [-0.05, 0) is 0 Å². The topological polar surface area (TPSA) is 52.6 Å². The van der Waals surface area contributed by atoms with Crippen molar-refractivity contribution >= 4 is 26.5 Å². The van der Waals surface area contributed by atoms with Gasteiger partial charge in [-0.2, -0.15) is 0 Å². The number of carbonyl (C=O) groups is 2. The second kappa shape index (κ2) is 7.04. The average Bonchev–Trinajstić information content (AvgIpc) is 2.62. The first-order valence-electron chi connectivity index (χ1n) is 7.18. The van der Waals surface area contributed by atoms with Crippen LogP contribution in [0.15, 0.2) is 6.07 Å². The van der Waals surface area contributed by atoms with Gasteiger partial charge in [0.2, 0.25) is 11.6 Å². The molecule has 0 bridgehead atoms. The molecule has 0 N–H and O–H groups in total. The molecule has 2 aromatic carbocycles. The zero-order valence-corrected chi connectivity index (χ0v) is 13.3. The third-order valence-corrected chi connectivity index (χ3v) is 3.80. The molecule has 29 heavy (non-hydrogen) atoms. The van der Waals surface area contributed by atoms with Gasteiger partial charge in [-0.3, -0.25) is 9.59 Å². The fourth-order valence-corrected chi connectivity index (χ4v) is 2.75. The van der Waals surface area contributed by atoms with Crippen molar-refractivity contribution < 1.29 is 58.1 Å². The Morgan fingerprint density at radius 1 is 0.621 bits per heavy atom. The van der Waals surface area contributed by atoms with E-state index in [2.05, 4.69) is 9.31 Å². The third kappa shape index (κ3) is 3.09. The molecule has 4 nitrogen and oxygen atoms in total. The fourth-order valence-electron chi connectivity index (χ4n) is 2.75. The minimum atomic E-state index is -3.81. The van der Waals surface area contributed by atoms with Crippen LogP contribution in [0.3, 0.4) is 0 Å². The Labute approximate surface area is 154 Å². The summed E-state index contributed by atoms with van der Waals surface area (Å²) in [5.74, 6) is -18.7. The van der Waals surface area contributed by atoms with Crippen LogP contribution in [-0.4, -0.2) is 26.5 Å². The summed E-state index contributed by atoms with van der Waals surface area (Å²) in [6, 6.07) is -0.0486. The lowest BCUT2D eigenvalue weighted by molar-refractivity contribution is 0.0965. The van der Waals surface area contributed by atoms with Crippen molar-refractivity contribution in [3.8, 4) is 11.5 Å². The molecule has 0 aliphatic heterocycles. The second-order valence-electron chi connectivity index (χ2n) is 5.36. The molecule has 15 heteroatoms. The monoisotopic (exact) mass is 426 g/mol. The van der Waals surface area contributed by atoms with E-state index >= 15 is 0 Å². The van der Waals surface area contributed by atoms with E-state index in [0.29, 0.717) is 0 Å².